The number of rotatable bonds is 8. The molecule has 0 spiro atoms. The van der Waals surface area contributed by atoms with Crippen molar-refractivity contribution >= 4 is 15.9 Å². The summed E-state index contributed by atoms with van der Waals surface area (Å²) in [6.07, 6.45) is -3.77. The third kappa shape index (κ3) is 7.08. The molecule has 0 saturated heterocycles. The number of hydrogen-bond donors (Lipinski definition) is 2. The summed E-state index contributed by atoms with van der Waals surface area (Å²) in [5.41, 5.74) is -0.560. The van der Waals surface area contributed by atoms with Crippen LogP contribution in [0.4, 0.5) is 22.0 Å². The fourth-order valence-electron chi connectivity index (χ4n) is 3.35. The number of carbonyl (C=O) groups excluding carboxylic acids is 1. The molecule has 2 aromatic carbocycles. The van der Waals surface area contributed by atoms with Crippen LogP contribution in [0.15, 0.2) is 54.6 Å². The predicted molar refractivity (Wildman–Crippen MR) is 123 cm³/mol. The van der Waals surface area contributed by atoms with Gasteiger partial charge >= 0.3 is 6.18 Å². The summed E-state index contributed by atoms with van der Waals surface area (Å²) in [4.78, 5) is 16.4. The van der Waals surface area contributed by atoms with E-state index < -0.39 is 45.4 Å². The van der Waals surface area contributed by atoms with E-state index in [1.54, 1.807) is 0 Å². The lowest BCUT2D eigenvalue weighted by Gasteiger charge is -2.16. The first-order valence-corrected chi connectivity index (χ1v) is 12.5. The number of aromatic nitrogens is 1. The van der Waals surface area contributed by atoms with Crippen molar-refractivity contribution in [2.24, 2.45) is 0 Å². The second-order valence-corrected chi connectivity index (χ2v) is 9.93. The normalized spacial score (nSPS) is 12.9. The van der Waals surface area contributed by atoms with E-state index in [2.05, 4.69) is 15.0 Å². The average molecular weight is 528 g/mol. The Morgan fingerprint density at radius 2 is 1.69 bits per heavy atom. The van der Waals surface area contributed by atoms with Gasteiger partial charge in [-0.1, -0.05) is 30.3 Å². The molecule has 0 aliphatic rings. The SMILES string of the molecule is CC(C(=O)NCc1ccc(C(F)(F)F)nc1-c1cccc(F)c1)c1ccc(CNS(C)(=O)=O)c(F)c1. The molecule has 36 heavy (non-hydrogen) atoms. The molecule has 0 fully saturated rings. The van der Waals surface area contributed by atoms with Crippen LogP contribution < -0.4 is 10.0 Å². The molecular weight excluding hydrogens is 505 g/mol. The molecule has 0 saturated carbocycles. The largest absolute Gasteiger partial charge is 0.433 e. The van der Waals surface area contributed by atoms with E-state index in [0.717, 1.165) is 36.6 Å². The van der Waals surface area contributed by atoms with Gasteiger partial charge in [-0.15, -0.1) is 0 Å². The fraction of sp³-hybridized carbons (Fsp3) is 0.250. The maximum Gasteiger partial charge on any atom is 0.433 e. The first kappa shape index (κ1) is 27.2. The highest BCUT2D eigenvalue weighted by molar-refractivity contribution is 7.88. The Bertz CT molecular complexity index is 1380. The van der Waals surface area contributed by atoms with Crippen LogP contribution in [-0.2, 0) is 34.1 Å². The number of pyridine rings is 1. The van der Waals surface area contributed by atoms with E-state index in [-0.39, 0.29) is 35.5 Å². The van der Waals surface area contributed by atoms with Gasteiger partial charge in [-0.05, 0) is 42.3 Å². The van der Waals surface area contributed by atoms with Crippen molar-refractivity contribution in [2.45, 2.75) is 32.1 Å². The number of sulfonamides is 1. The Kier molecular flexibility index (Phi) is 8.09. The molecule has 6 nitrogen and oxygen atoms in total. The van der Waals surface area contributed by atoms with Gasteiger partial charge in [-0.2, -0.15) is 13.2 Å². The summed E-state index contributed by atoms with van der Waals surface area (Å²) in [6, 6.07) is 10.8. The van der Waals surface area contributed by atoms with Gasteiger partial charge in [0.05, 0.1) is 17.9 Å². The molecule has 0 radical (unpaired) electrons. The summed E-state index contributed by atoms with van der Waals surface area (Å²) in [5, 5.41) is 2.59. The van der Waals surface area contributed by atoms with Crippen LogP contribution in [0.5, 0.6) is 0 Å². The lowest BCUT2D eigenvalue weighted by molar-refractivity contribution is -0.141. The van der Waals surface area contributed by atoms with Gasteiger partial charge in [0.25, 0.3) is 0 Å². The van der Waals surface area contributed by atoms with Gasteiger partial charge < -0.3 is 5.32 Å². The van der Waals surface area contributed by atoms with Gasteiger partial charge in [0, 0.05) is 24.2 Å². The Labute approximate surface area is 204 Å². The number of halogens is 5. The molecule has 12 heteroatoms. The smallest absolute Gasteiger partial charge is 0.351 e. The number of nitrogens with zero attached hydrogens (tertiary/aromatic N) is 1. The van der Waals surface area contributed by atoms with E-state index >= 15 is 0 Å². The monoisotopic (exact) mass is 527 g/mol. The van der Waals surface area contributed by atoms with Gasteiger partial charge in [-0.25, -0.2) is 26.9 Å². The van der Waals surface area contributed by atoms with Crippen molar-refractivity contribution in [3.63, 3.8) is 0 Å². The van der Waals surface area contributed by atoms with Crippen LogP contribution in [-0.4, -0.2) is 25.6 Å². The Morgan fingerprint density at radius 1 is 1.00 bits per heavy atom. The van der Waals surface area contributed by atoms with E-state index in [0.29, 0.717) is 5.56 Å². The molecule has 1 unspecified atom stereocenters. The molecule has 1 amide bonds. The minimum atomic E-state index is -4.72. The van der Waals surface area contributed by atoms with Crippen LogP contribution >= 0.6 is 0 Å². The number of amides is 1. The van der Waals surface area contributed by atoms with Crippen LogP contribution in [0.3, 0.4) is 0 Å². The zero-order valence-corrected chi connectivity index (χ0v) is 20.0. The average Bonchev–Trinajstić information content (AvgIpc) is 2.80. The second-order valence-electron chi connectivity index (χ2n) is 8.10. The standard InChI is InChI=1S/C24H22F5N3O3S/c1-14(15-6-7-17(20(26)11-15)13-31-36(2,34)35)23(33)30-12-18-8-9-21(24(27,28)29)32-22(18)16-4-3-5-19(25)10-16/h3-11,14,31H,12-13H2,1-2H3,(H,30,33). The fourth-order valence-corrected chi connectivity index (χ4v) is 3.76. The maximum atomic E-state index is 14.4. The number of nitrogens with one attached hydrogen (secondary N) is 2. The highest BCUT2D eigenvalue weighted by Crippen LogP contribution is 2.31. The molecule has 0 bridgehead atoms. The number of alkyl halides is 3. The summed E-state index contributed by atoms with van der Waals surface area (Å²) < 4.78 is 92.3. The molecule has 1 heterocycles. The van der Waals surface area contributed by atoms with Crippen molar-refractivity contribution in [1.29, 1.82) is 0 Å². The van der Waals surface area contributed by atoms with Crippen molar-refractivity contribution in [3.8, 4) is 11.3 Å². The summed E-state index contributed by atoms with van der Waals surface area (Å²) in [6.45, 7) is 1.05. The zero-order valence-electron chi connectivity index (χ0n) is 19.2. The van der Waals surface area contributed by atoms with E-state index in [4.69, 9.17) is 0 Å². The van der Waals surface area contributed by atoms with Crippen LogP contribution in [0, 0.1) is 11.6 Å². The van der Waals surface area contributed by atoms with Crippen molar-refractivity contribution < 1.29 is 35.2 Å². The molecule has 192 valence electrons. The van der Waals surface area contributed by atoms with Crippen molar-refractivity contribution in [2.75, 3.05) is 6.26 Å². The maximum absolute atomic E-state index is 14.4. The first-order chi connectivity index (χ1) is 16.7. The quantitative estimate of drug-likeness (QED) is 0.422. The van der Waals surface area contributed by atoms with Crippen molar-refractivity contribution in [1.82, 2.24) is 15.0 Å². The minimum absolute atomic E-state index is 0.0901. The highest BCUT2D eigenvalue weighted by atomic mass is 32.2. The lowest BCUT2D eigenvalue weighted by atomic mass is 9.98. The Balaban J connectivity index is 1.78. The van der Waals surface area contributed by atoms with Gasteiger partial charge in [0.2, 0.25) is 15.9 Å². The molecule has 0 aliphatic carbocycles. The number of carbonyl (C=O) groups is 1. The lowest BCUT2D eigenvalue weighted by Crippen LogP contribution is -2.28. The van der Waals surface area contributed by atoms with E-state index in [1.807, 2.05) is 0 Å². The summed E-state index contributed by atoms with van der Waals surface area (Å²) in [5.74, 6) is -2.74. The van der Waals surface area contributed by atoms with Crippen molar-refractivity contribution in [3.05, 3.63) is 88.6 Å². The molecule has 3 rings (SSSR count). The Hall–Kier alpha value is -3.38. The van der Waals surface area contributed by atoms with Gasteiger partial charge in [0.15, 0.2) is 0 Å². The zero-order chi connectivity index (χ0) is 26.7. The summed E-state index contributed by atoms with van der Waals surface area (Å²) in [7, 11) is -3.52. The molecule has 1 aromatic heterocycles. The highest BCUT2D eigenvalue weighted by Gasteiger charge is 2.33. The molecule has 2 N–H and O–H groups in total. The topological polar surface area (TPSA) is 88.2 Å². The molecule has 0 aliphatic heterocycles. The predicted octanol–water partition coefficient (Wildman–Crippen LogP) is 4.51. The summed E-state index contributed by atoms with van der Waals surface area (Å²) >= 11 is 0. The minimum Gasteiger partial charge on any atom is -0.351 e. The number of benzene rings is 2. The third-order valence-electron chi connectivity index (χ3n) is 5.32. The third-order valence-corrected chi connectivity index (χ3v) is 5.98. The van der Waals surface area contributed by atoms with Crippen LogP contribution in [0.1, 0.15) is 35.2 Å². The number of hydrogen-bond acceptors (Lipinski definition) is 4. The Morgan fingerprint density at radius 3 is 2.31 bits per heavy atom. The van der Waals surface area contributed by atoms with E-state index in [9.17, 15) is 35.2 Å². The van der Waals surface area contributed by atoms with Crippen LogP contribution in [0.25, 0.3) is 11.3 Å². The molecule has 1 atom stereocenters. The van der Waals surface area contributed by atoms with Gasteiger partial charge in [0.1, 0.15) is 17.3 Å². The van der Waals surface area contributed by atoms with E-state index in [1.165, 1.54) is 31.2 Å². The first-order valence-electron chi connectivity index (χ1n) is 10.6. The molecular formula is C24H22F5N3O3S. The van der Waals surface area contributed by atoms with Crippen LogP contribution in [0.2, 0.25) is 0 Å². The second kappa shape index (κ2) is 10.7. The molecule has 3 aromatic rings. The van der Waals surface area contributed by atoms with Gasteiger partial charge in [-0.3, -0.25) is 4.79 Å².